The van der Waals surface area contributed by atoms with Gasteiger partial charge in [0.25, 0.3) is 0 Å². The lowest BCUT2D eigenvalue weighted by Crippen LogP contribution is -2.36. The molecule has 7 nitrogen and oxygen atoms in total. The first-order chi connectivity index (χ1) is 15.9. The second-order valence-electron chi connectivity index (χ2n) is 8.00. The van der Waals surface area contributed by atoms with Crippen molar-refractivity contribution in [1.29, 1.82) is 0 Å². The number of halogens is 1. The van der Waals surface area contributed by atoms with E-state index in [0.717, 1.165) is 35.6 Å². The molecule has 1 fully saturated rings. The summed E-state index contributed by atoms with van der Waals surface area (Å²) in [7, 11) is 0. The van der Waals surface area contributed by atoms with Crippen LogP contribution in [0.5, 0.6) is 5.75 Å². The van der Waals surface area contributed by atoms with E-state index in [4.69, 9.17) is 14.2 Å². The molecular formula is C25H27BrN2O5. The molecule has 2 heterocycles. The van der Waals surface area contributed by atoms with E-state index in [1.54, 1.807) is 13.0 Å². The summed E-state index contributed by atoms with van der Waals surface area (Å²) in [5.74, 6) is -0.466. The highest BCUT2D eigenvalue weighted by Crippen LogP contribution is 2.38. The maximum atomic E-state index is 13.2. The van der Waals surface area contributed by atoms with Crippen LogP contribution >= 0.6 is 15.9 Å². The summed E-state index contributed by atoms with van der Waals surface area (Å²) >= 11 is 3.53. The predicted molar refractivity (Wildman–Crippen MR) is 129 cm³/mol. The molecule has 33 heavy (non-hydrogen) atoms. The van der Waals surface area contributed by atoms with Gasteiger partial charge in [0.15, 0.2) is 0 Å². The molecule has 0 bridgehead atoms. The Labute approximate surface area is 201 Å². The van der Waals surface area contributed by atoms with Crippen molar-refractivity contribution in [3.05, 3.63) is 57.7 Å². The number of benzene rings is 2. The van der Waals surface area contributed by atoms with Gasteiger partial charge in [-0.15, -0.1) is 0 Å². The Morgan fingerprint density at radius 2 is 1.82 bits per heavy atom. The minimum Gasteiger partial charge on any atom is -0.462 e. The summed E-state index contributed by atoms with van der Waals surface area (Å²) in [5.41, 5.74) is 4.24. The van der Waals surface area contributed by atoms with Crippen molar-refractivity contribution < 1.29 is 23.8 Å². The van der Waals surface area contributed by atoms with Crippen LogP contribution < -0.4 is 4.74 Å². The van der Waals surface area contributed by atoms with Gasteiger partial charge in [0.1, 0.15) is 5.75 Å². The molecule has 1 saturated heterocycles. The van der Waals surface area contributed by atoms with E-state index < -0.39 is 11.9 Å². The first kappa shape index (κ1) is 23.5. The van der Waals surface area contributed by atoms with Crippen LogP contribution in [0.15, 0.2) is 40.9 Å². The Hall–Kier alpha value is -2.68. The molecule has 1 aliphatic rings. The number of fused-ring (bicyclic) bond motifs is 1. The number of rotatable bonds is 6. The number of nitrogens with zero attached hydrogens (tertiary/aromatic N) is 2. The van der Waals surface area contributed by atoms with Gasteiger partial charge in [0, 0.05) is 37.6 Å². The van der Waals surface area contributed by atoms with Gasteiger partial charge in [-0.05, 0) is 54.0 Å². The van der Waals surface area contributed by atoms with Crippen molar-refractivity contribution in [2.75, 3.05) is 32.9 Å². The highest BCUT2D eigenvalue weighted by atomic mass is 79.9. The Balaban J connectivity index is 2.00. The average molecular weight is 515 g/mol. The third-order valence-electron chi connectivity index (χ3n) is 5.62. The zero-order valence-corrected chi connectivity index (χ0v) is 20.6. The third kappa shape index (κ3) is 4.98. The van der Waals surface area contributed by atoms with Crippen molar-refractivity contribution in [2.24, 2.45) is 0 Å². The quantitative estimate of drug-likeness (QED) is 0.352. The molecule has 8 heteroatoms. The van der Waals surface area contributed by atoms with Gasteiger partial charge in [-0.2, -0.15) is 0 Å². The molecule has 0 radical (unpaired) electrons. The lowest BCUT2D eigenvalue weighted by molar-refractivity contribution is -0.131. The van der Waals surface area contributed by atoms with Gasteiger partial charge in [-0.1, -0.05) is 17.7 Å². The topological polar surface area (TPSA) is 70.0 Å². The fourth-order valence-corrected chi connectivity index (χ4v) is 4.53. The molecule has 3 aromatic rings. The molecule has 174 valence electrons. The summed E-state index contributed by atoms with van der Waals surface area (Å²) < 4.78 is 19.1. The van der Waals surface area contributed by atoms with Crippen molar-refractivity contribution in [1.82, 2.24) is 9.47 Å². The van der Waals surface area contributed by atoms with Crippen LogP contribution in [0.2, 0.25) is 0 Å². The van der Waals surface area contributed by atoms with Crippen LogP contribution in [0.4, 0.5) is 0 Å². The molecular weight excluding hydrogens is 488 g/mol. The lowest BCUT2D eigenvalue weighted by atomic mass is 10.1. The summed E-state index contributed by atoms with van der Waals surface area (Å²) in [4.78, 5) is 27.2. The summed E-state index contributed by atoms with van der Waals surface area (Å²) in [6.45, 7) is 8.87. The Bertz CT molecular complexity index is 1180. The van der Waals surface area contributed by atoms with Crippen molar-refractivity contribution in [3.8, 4) is 11.4 Å². The van der Waals surface area contributed by atoms with E-state index in [-0.39, 0.29) is 6.61 Å². The molecule has 0 amide bonds. The predicted octanol–water partition coefficient (Wildman–Crippen LogP) is 4.64. The first-order valence-corrected chi connectivity index (χ1v) is 11.8. The van der Waals surface area contributed by atoms with E-state index in [2.05, 4.69) is 25.4 Å². The highest BCUT2D eigenvalue weighted by molar-refractivity contribution is 9.10. The molecule has 1 aliphatic heterocycles. The van der Waals surface area contributed by atoms with Crippen LogP contribution in [0.25, 0.3) is 16.6 Å². The number of esters is 2. The monoisotopic (exact) mass is 514 g/mol. The number of carbonyl (C=O) groups is 2. The minimum atomic E-state index is -0.431. The molecule has 0 N–H and O–H groups in total. The minimum absolute atomic E-state index is 0.264. The number of aryl methyl sites for hydroxylation is 1. The normalized spacial score (nSPS) is 14.4. The molecule has 0 aliphatic carbocycles. The number of morpholine rings is 1. The summed E-state index contributed by atoms with van der Waals surface area (Å²) in [5, 5.41) is 0.678. The third-order valence-corrected chi connectivity index (χ3v) is 6.24. The Morgan fingerprint density at radius 1 is 1.12 bits per heavy atom. The lowest BCUT2D eigenvalue weighted by Gasteiger charge is -2.27. The van der Waals surface area contributed by atoms with Gasteiger partial charge < -0.3 is 18.8 Å². The standard InChI is InChI=1S/C25H27BrN2O5/c1-4-32-25(30)24-19-13-23(33-17(3)29)20(26)14-21(19)28(18-7-5-16(2)6-8-18)22(24)15-27-9-11-31-12-10-27/h5-8,13-14H,4,9-12,15H2,1-3H3. The van der Waals surface area contributed by atoms with Crippen LogP contribution in [-0.4, -0.2) is 54.3 Å². The van der Waals surface area contributed by atoms with Crippen LogP contribution in [0, 0.1) is 6.92 Å². The molecule has 0 unspecified atom stereocenters. The summed E-state index contributed by atoms with van der Waals surface area (Å²) in [6.07, 6.45) is 0. The maximum absolute atomic E-state index is 13.2. The fourth-order valence-electron chi connectivity index (χ4n) is 4.11. The van der Waals surface area contributed by atoms with Gasteiger partial charge in [0.2, 0.25) is 0 Å². The van der Waals surface area contributed by atoms with Gasteiger partial charge in [0.05, 0.1) is 41.1 Å². The number of carbonyl (C=O) groups excluding carboxylic acids is 2. The second-order valence-corrected chi connectivity index (χ2v) is 8.85. The number of ether oxygens (including phenoxy) is 3. The molecule has 0 spiro atoms. The van der Waals surface area contributed by atoms with E-state index >= 15 is 0 Å². The van der Waals surface area contributed by atoms with Gasteiger partial charge in [-0.3, -0.25) is 9.69 Å². The van der Waals surface area contributed by atoms with Crippen molar-refractivity contribution >= 4 is 38.8 Å². The van der Waals surface area contributed by atoms with E-state index in [1.165, 1.54) is 6.92 Å². The molecule has 0 atom stereocenters. The Kier molecular flexibility index (Phi) is 7.17. The first-order valence-electron chi connectivity index (χ1n) is 11.0. The summed E-state index contributed by atoms with van der Waals surface area (Å²) in [6, 6.07) is 11.8. The zero-order valence-electron chi connectivity index (χ0n) is 19.0. The smallest absolute Gasteiger partial charge is 0.340 e. The van der Waals surface area contributed by atoms with Crippen LogP contribution in [-0.2, 0) is 20.8 Å². The van der Waals surface area contributed by atoms with Crippen molar-refractivity contribution in [2.45, 2.75) is 27.3 Å². The highest BCUT2D eigenvalue weighted by Gasteiger charge is 2.28. The molecule has 0 saturated carbocycles. The van der Waals surface area contributed by atoms with E-state index in [9.17, 15) is 9.59 Å². The second kappa shape index (κ2) is 10.1. The van der Waals surface area contributed by atoms with Crippen LogP contribution in [0.3, 0.4) is 0 Å². The fraction of sp³-hybridized carbons (Fsp3) is 0.360. The molecule has 1 aromatic heterocycles. The molecule has 2 aromatic carbocycles. The molecule has 4 rings (SSSR count). The number of hydrogen-bond donors (Lipinski definition) is 0. The Morgan fingerprint density at radius 3 is 2.45 bits per heavy atom. The van der Waals surface area contributed by atoms with E-state index in [1.807, 2.05) is 37.3 Å². The van der Waals surface area contributed by atoms with Crippen molar-refractivity contribution in [3.63, 3.8) is 0 Å². The average Bonchev–Trinajstić information content (AvgIpc) is 3.07. The number of hydrogen-bond acceptors (Lipinski definition) is 6. The van der Waals surface area contributed by atoms with Gasteiger partial charge >= 0.3 is 11.9 Å². The van der Waals surface area contributed by atoms with Gasteiger partial charge in [-0.25, -0.2) is 4.79 Å². The SMILES string of the molecule is CCOC(=O)c1c(CN2CCOCC2)n(-c2ccc(C)cc2)c2cc(Br)c(OC(C)=O)cc12. The maximum Gasteiger partial charge on any atom is 0.340 e. The number of aromatic nitrogens is 1. The van der Waals surface area contributed by atoms with E-state index in [0.29, 0.717) is 40.9 Å². The zero-order chi connectivity index (χ0) is 23.5. The largest absolute Gasteiger partial charge is 0.462 e. The van der Waals surface area contributed by atoms with Crippen LogP contribution in [0.1, 0.15) is 35.5 Å².